The van der Waals surface area contributed by atoms with Crippen molar-refractivity contribution in [3.05, 3.63) is 357 Å². The summed E-state index contributed by atoms with van der Waals surface area (Å²) >= 11 is 6.48. The number of nitrogens with zero attached hydrogens (tertiary/aromatic N) is 2. The van der Waals surface area contributed by atoms with Gasteiger partial charge in [0, 0.05) is 76.0 Å². The van der Waals surface area contributed by atoms with Crippen molar-refractivity contribution in [1.29, 1.82) is 0 Å². The summed E-state index contributed by atoms with van der Waals surface area (Å²) in [7, 11) is -0.805. The smallest absolute Gasteiger partial charge is 0.456 e. The standard InChI is InChI=1S/C18H19BO3.C18H11NO3.C18H11NO.C18H15P.C12H7BrO.C6H4BrNO2.10C2H6.2CH4/c1-17(2)18(3,4)22-19(21-17)12-9-10-14-13-7-5-6-8-15(13)20-16(14)11-12;20-19(21)16-7-3-1-5-13(16)12-9-10-15-14-6-2-4-8-17(14)22-18(15)11-12;1-3-7-15-11(5-1)13-9-10-14-12-6-2-4-8-16(12)20-18(14)17(13)19-15;1-4-10-16(11-5-1)19(17-12-6-2-7-13-17)18-14-8-3-9-15-18;13-8-5-6-10-9-3-1-2-4-11(9)14-12(10)7-8;7-5-3-1-2-4-6(5)8(9)10;10*1-2;;/h5-11H,1-4H3;1-11H;1-10,19H;1-15H;1-7H;1-4H;10*1-2H3;2*1H4. The number of halogens is 2. The zero-order chi connectivity index (χ0) is 93.8. The number of aromatic nitrogens is 1. The molecule has 0 spiro atoms. The quantitative estimate of drug-likeness (QED) is 0.0700. The molecule has 6 heterocycles. The monoisotopic (exact) mass is 1880 g/mol. The molecule has 129 heavy (non-hydrogen) atoms. The van der Waals surface area contributed by atoms with Gasteiger partial charge in [-0.05, 0) is 163 Å². The predicted octanol–water partition coefficient (Wildman–Crippen LogP) is 36.0. The number of aromatic amines is 1. The molecule has 1 N–H and O–H groups in total. The van der Waals surface area contributed by atoms with Crippen molar-refractivity contribution in [3.63, 3.8) is 0 Å². The van der Waals surface area contributed by atoms with Gasteiger partial charge in [-0.2, -0.15) is 0 Å². The first-order valence-corrected chi connectivity index (χ1v) is 47.6. The summed E-state index contributed by atoms with van der Waals surface area (Å²) in [6, 6.07) is 108. The van der Waals surface area contributed by atoms with Crippen LogP contribution in [0.2, 0.25) is 0 Å². The molecule has 1 saturated heterocycles. The van der Waals surface area contributed by atoms with Crippen LogP contribution in [0.15, 0.2) is 354 Å². The van der Waals surface area contributed by atoms with Crippen molar-refractivity contribution >= 4 is 189 Å². The summed E-state index contributed by atoms with van der Waals surface area (Å²) in [5.74, 6) is 0. The Hall–Kier alpha value is -11.7. The number of furan rings is 4. The van der Waals surface area contributed by atoms with Crippen molar-refractivity contribution in [2.45, 2.75) is 192 Å². The van der Waals surface area contributed by atoms with E-state index >= 15 is 0 Å². The number of benzene rings is 14. The second kappa shape index (κ2) is 57.9. The first-order valence-electron chi connectivity index (χ1n) is 44.7. The number of rotatable bonds is 7. The Balaban J connectivity index is 0.000000387. The van der Waals surface area contributed by atoms with Crippen LogP contribution in [-0.4, -0.2) is 33.2 Å². The van der Waals surface area contributed by atoms with Crippen molar-refractivity contribution in [2.75, 3.05) is 0 Å². The Morgan fingerprint density at radius 2 is 0.628 bits per heavy atom. The summed E-state index contributed by atoms with van der Waals surface area (Å²) in [6.45, 7) is 48.2. The summed E-state index contributed by atoms with van der Waals surface area (Å²) in [5.41, 5.74) is 11.2. The van der Waals surface area contributed by atoms with E-state index in [0.29, 0.717) is 10.0 Å². The molecule has 0 amide bonds. The fourth-order valence-electron chi connectivity index (χ4n) is 13.2. The first-order chi connectivity index (χ1) is 62.0. The fraction of sp³-hybridized carbons (Fsp3) is 0.250. The highest BCUT2D eigenvalue weighted by molar-refractivity contribution is 9.10. The average molecular weight is 1880 g/mol. The third kappa shape index (κ3) is 28.1. The van der Waals surface area contributed by atoms with Crippen molar-refractivity contribution < 1.29 is 36.8 Å². The van der Waals surface area contributed by atoms with E-state index in [1.165, 1.54) is 60.4 Å². The van der Waals surface area contributed by atoms with Gasteiger partial charge in [0.15, 0.2) is 5.58 Å². The molecular formula is C112H135BBr2N3O10P. The zero-order valence-corrected chi connectivity index (χ0v) is 82.5. The van der Waals surface area contributed by atoms with Gasteiger partial charge >= 0.3 is 7.12 Å². The molecule has 680 valence electrons. The second-order valence-corrected chi connectivity index (χ2v) is 30.4. The maximum atomic E-state index is 11.2. The third-order valence-corrected chi connectivity index (χ3v) is 22.8. The van der Waals surface area contributed by atoms with Crippen LogP contribution in [0.4, 0.5) is 11.4 Å². The Kier molecular flexibility index (Phi) is 50.1. The largest absolute Gasteiger partial charge is 0.494 e. The lowest BCUT2D eigenvalue weighted by atomic mass is 9.79. The molecule has 1 aliphatic heterocycles. The second-order valence-electron chi connectivity index (χ2n) is 26.4. The van der Waals surface area contributed by atoms with Gasteiger partial charge in [-0.25, -0.2) is 0 Å². The van der Waals surface area contributed by atoms with Crippen LogP contribution in [0.5, 0.6) is 0 Å². The highest BCUT2D eigenvalue weighted by atomic mass is 79.9. The predicted molar refractivity (Wildman–Crippen MR) is 573 cm³/mol. The van der Waals surface area contributed by atoms with E-state index in [1.807, 2.05) is 260 Å². The van der Waals surface area contributed by atoms with E-state index in [1.54, 1.807) is 36.4 Å². The highest BCUT2D eigenvalue weighted by Gasteiger charge is 2.52. The number of hydrogen-bond acceptors (Lipinski definition) is 10. The van der Waals surface area contributed by atoms with E-state index in [2.05, 4.69) is 222 Å². The van der Waals surface area contributed by atoms with Gasteiger partial charge in [-0.15, -0.1) is 0 Å². The van der Waals surface area contributed by atoms with E-state index in [9.17, 15) is 20.2 Å². The highest BCUT2D eigenvalue weighted by Crippen LogP contribution is 2.41. The van der Waals surface area contributed by atoms with Crippen LogP contribution in [0.3, 0.4) is 0 Å². The number of nitrogens with one attached hydrogen (secondary N) is 1. The minimum Gasteiger partial charge on any atom is -0.456 e. The molecule has 17 heteroatoms. The summed E-state index contributed by atoms with van der Waals surface area (Å²) in [4.78, 5) is 24.1. The van der Waals surface area contributed by atoms with Gasteiger partial charge in [0.2, 0.25) is 0 Å². The number of fused-ring (bicyclic) bond motifs is 16. The van der Waals surface area contributed by atoms with Gasteiger partial charge in [-0.3, -0.25) is 20.2 Å². The number of hydrogen-bond donors (Lipinski definition) is 1. The van der Waals surface area contributed by atoms with Crippen LogP contribution < -0.4 is 21.4 Å². The Morgan fingerprint density at radius 1 is 0.310 bits per heavy atom. The molecule has 14 aromatic carbocycles. The van der Waals surface area contributed by atoms with Gasteiger partial charge < -0.3 is 32.0 Å². The van der Waals surface area contributed by atoms with Crippen LogP contribution in [-0.2, 0) is 9.31 Å². The summed E-state index contributed by atoms with van der Waals surface area (Å²) in [6.07, 6.45) is 0. The molecule has 0 bridgehead atoms. The van der Waals surface area contributed by atoms with Gasteiger partial charge in [-0.1, -0.05) is 400 Å². The molecule has 0 saturated carbocycles. The maximum absolute atomic E-state index is 11.2. The van der Waals surface area contributed by atoms with E-state index in [-0.39, 0.29) is 49.5 Å². The Morgan fingerprint density at radius 3 is 1.05 bits per heavy atom. The minimum atomic E-state index is -0.446. The maximum Gasteiger partial charge on any atom is 0.494 e. The van der Waals surface area contributed by atoms with Crippen molar-refractivity contribution in [1.82, 2.24) is 4.98 Å². The van der Waals surface area contributed by atoms with Crippen molar-refractivity contribution in [3.8, 4) is 11.1 Å². The van der Waals surface area contributed by atoms with E-state index in [4.69, 9.17) is 27.0 Å². The van der Waals surface area contributed by atoms with Gasteiger partial charge in [0.25, 0.3) is 11.4 Å². The molecule has 0 radical (unpaired) electrons. The van der Waals surface area contributed by atoms with Crippen LogP contribution >= 0.6 is 39.8 Å². The molecule has 1 fully saturated rings. The van der Waals surface area contributed by atoms with Crippen LogP contribution in [0, 0.1) is 20.2 Å². The molecule has 5 aromatic heterocycles. The minimum absolute atomic E-state index is 0. The molecular weight excluding hydrogens is 1750 g/mol. The SMILES string of the molecule is Brc1ccc2c(c1)oc1ccccc12.C.C.CC.CC.CC.CC.CC.CC.CC.CC.CC.CC.CC1(C)OB(c2ccc3c(c2)oc2ccccc23)OC1(C)C.O=[N+]([O-])c1ccccc1-c1ccc2c(c1)oc1ccccc12.O=[N+]([O-])c1ccccc1Br.c1ccc(P(c2ccccc2)c2ccccc2)cc1.c1ccc2c(c1)[nH]c1c2ccc2c3ccccc3oc21. The Labute approximate surface area is 785 Å². The average Bonchev–Trinajstić information content (AvgIpc) is 1.57. The number of para-hydroxylation sites is 7. The lowest BCUT2D eigenvalue weighted by molar-refractivity contribution is -0.385. The van der Waals surface area contributed by atoms with E-state index < -0.39 is 12.8 Å². The lowest BCUT2D eigenvalue weighted by Gasteiger charge is -2.32. The van der Waals surface area contributed by atoms with Gasteiger partial charge in [0.05, 0.1) is 36.6 Å². The summed E-state index contributed by atoms with van der Waals surface area (Å²) < 4.78 is 37.3. The number of nitro benzene ring substituents is 2. The molecule has 19 aromatic rings. The third-order valence-electron chi connectivity index (χ3n) is 19.2. The van der Waals surface area contributed by atoms with Crippen LogP contribution in [0.1, 0.15) is 181 Å². The molecule has 0 unspecified atom stereocenters. The Bertz CT molecular complexity index is 6240. The molecule has 20 rings (SSSR count). The van der Waals surface area contributed by atoms with E-state index in [0.717, 1.165) is 92.7 Å². The topological polar surface area (TPSA) is 173 Å². The van der Waals surface area contributed by atoms with Crippen LogP contribution in [0.25, 0.3) is 121 Å². The first kappa shape index (κ1) is 111. The molecule has 0 atom stereocenters. The van der Waals surface area contributed by atoms with Crippen molar-refractivity contribution in [2.24, 2.45) is 0 Å². The van der Waals surface area contributed by atoms with Gasteiger partial charge in [0.1, 0.15) is 39.1 Å². The molecule has 0 aliphatic carbocycles. The molecule has 1 aliphatic rings. The molecule has 13 nitrogen and oxygen atoms in total. The fourth-order valence-corrected chi connectivity index (χ4v) is 16.3. The number of H-pyrrole nitrogens is 1. The summed E-state index contributed by atoms with van der Waals surface area (Å²) in [5, 5.41) is 37.0. The number of nitro groups is 2. The lowest BCUT2D eigenvalue weighted by Crippen LogP contribution is -2.41. The zero-order valence-electron chi connectivity index (χ0n) is 78.4. The normalized spacial score (nSPS) is 11.1.